The first-order valence-corrected chi connectivity index (χ1v) is 8.80. The predicted molar refractivity (Wildman–Crippen MR) is 92.3 cm³/mol. The average Bonchev–Trinajstić information content (AvgIpc) is 2.46. The van der Waals surface area contributed by atoms with Gasteiger partial charge in [-0.1, -0.05) is 39.3 Å². The number of hydrogen-bond donors (Lipinski definition) is 1. The lowest BCUT2D eigenvalue weighted by molar-refractivity contribution is -0.136. The van der Waals surface area contributed by atoms with E-state index in [1.54, 1.807) is 0 Å². The number of carbonyl (C=O) groups excluding carboxylic acids is 2. The lowest BCUT2D eigenvalue weighted by Crippen LogP contribution is -2.40. The third-order valence-corrected chi connectivity index (χ3v) is 5.44. The molecule has 0 aromatic heterocycles. The molecule has 2 aliphatic rings. The Kier molecular flexibility index (Phi) is 4.31. The predicted octanol–water partition coefficient (Wildman–Crippen LogP) is 4.32. The molecule has 0 radical (unpaired) electrons. The van der Waals surface area contributed by atoms with Crippen molar-refractivity contribution in [2.45, 2.75) is 58.3 Å². The molecule has 2 fully saturated rings. The van der Waals surface area contributed by atoms with Gasteiger partial charge in [-0.15, -0.1) is 0 Å². The Morgan fingerprint density at radius 3 is 2.13 bits per heavy atom. The number of carbonyl (C=O) groups is 2. The maximum absolute atomic E-state index is 12.6. The molecule has 0 heterocycles. The lowest BCUT2D eigenvalue weighted by Gasteiger charge is -2.36. The number of amides is 1. The number of ketones is 1. The molecule has 2 saturated carbocycles. The van der Waals surface area contributed by atoms with Crippen LogP contribution in [0, 0.1) is 17.8 Å². The Balaban J connectivity index is 1.64. The molecule has 1 amide bonds. The summed E-state index contributed by atoms with van der Waals surface area (Å²) in [6.45, 7) is 6.54. The molecule has 0 unspecified atom stereocenters. The summed E-state index contributed by atoms with van der Waals surface area (Å²) in [7, 11) is 0. The van der Waals surface area contributed by atoms with E-state index in [4.69, 9.17) is 0 Å². The van der Waals surface area contributed by atoms with E-state index in [0.29, 0.717) is 5.78 Å². The van der Waals surface area contributed by atoms with Crippen LogP contribution in [-0.4, -0.2) is 11.7 Å². The van der Waals surface area contributed by atoms with E-state index in [9.17, 15) is 9.59 Å². The highest BCUT2D eigenvalue weighted by Gasteiger charge is 2.41. The van der Waals surface area contributed by atoms with Gasteiger partial charge in [0.05, 0.1) is 0 Å². The topological polar surface area (TPSA) is 46.2 Å². The van der Waals surface area contributed by atoms with E-state index in [1.165, 1.54) is 5.56 Å². The molecule has 2 atom stereocenters. The fourth-order valence-corrected chi connectivity index (χ4v) is 3.99. The summed E-state index contributed by atoms with van der Waals surface area (Å²) >= 11 is 0. The number of fused-ring (bicyclic) bond motifs is 2. The molecule has 2 bridgehead atoms. The van der Waals surface area contributed by atoms with Crippen LogP contribution in [0.25, 0.3) is 0 Å². The van der Waals surface area contributed by atoms with Gasteiger partial charge in [-0.2, -0.15) is 0 Å². The van der Waals surface area contributed by atoms with Crippen LogP contribution in [0.3, 0.4) is 0 Å². The van der Waals surface area contributed by atoms with Gasteiger partial charge in [0, 0.05) is 23.4 Å². The summed E-state index contributed by atoms with van der Waals surface area (Å²) in [5.74, 6) is 0.737. The minimum Gasteiger partial charge on any atom is -0.326 e. The van der Waals surface area contributed by atoms with Crippen molar-refractivity contribution in [1.82, 2.24) is 0 Å². The molecule has 3 rings (SSSR count). The molecular weight excluding hydrogens is 286 g/mol. The lowest BCUT2D eigenvalue weighted by atomic mass is 9.67. The van der Waals surface area contributed by atoms with Gasteiger partial charge in [0.2, 0.25) is 5.91 Å². The van der Waals surface area contributed by atoms with Gasteiger partial charge in [0.25, 0.3) is 0 Å². The van der Waals surface area contributed by atoms with Crippen LogP contribution >= 0.6 is 0 Å². The monoisotopic (exact) mass is 313 g/mol. The number of rotatable bonds is 2. The first-order chi connectivity index (χ1) is 10.8. The Bertz CT molecular complexity index is 581. The summed E-state index contributed by atoms with van der Waals surface area (Å²) in [4.78, 5) is 24.7. The maximum Gasteiger partial charge on any atom is 0.227 e. The summed E-state index contributed by atoms with van der Waals surface area (Å²) in [5.41, 5.74) is 2.22. The van der Waals surface area contributed by atoms with E-state index in [0.717, 1.165) is 37.8 Å². The zero-order valence-corrected chi connectivity index (χ0v) is 14.4. The first kappa shape index (κ1) is 16.2. The summed E-state index contributed by atoms with van der Waals surface area (Å²) in [6, 6.07) is 8.12. The van der Waals surface area contributed by atoms with Crippen molar-refractivity contribution in [2.75, 3.05) is 5.32 Å². The SMILES string of the molecule is CC(C)(C)c1ccc(NC(=O)C2C[C@@H]3CCC[C@@H](C2)C3=O)cc1. The Hall–Kier alpha value is -1.64. The molecule has 2 aliphatic carbocycles. The van der Waals surface area contributed by atoms with Crippen molar-refractivity contribution < 1.29 is 9.59 Å². The summed E-state index contributed by atoms with van der Waals surface area (Å²) in [6.07, 6.45) is 4.56. The van der Waals surface area contributed by atoms with Crippen LogP contribution in [0.1, 0.15) is 58.4 Å². The van der Waals surface area contributed by atoms with E-state index in [2.05, 4.69) is 38.2 Å². The van der Waals surface area contributed by atoms with Gasteiger partial charge in [0.15, 0.2) is 0 Å². The second-order valence-corrected chi connectivity index (χ2v) is 8.21. The van der Waals surface area contributed by atoms with Crippen LogP contribution in [0.4, 0.5) is 5.69 Å². The molecule has 3 nitrogen and oxygen atoms in total. The summed E-state index contributed by atoms with van der Waals surface area (Å²) in [5, 5.41) is 3.04. The Morgan fingerprint density at radius 1 is 1.04 bits per heavy atom. The van der Waals surface area contributed by atoms with Crippen molar-refractivity contribution in [1.29, 1.82) is 0 Å². The van der Waals surface area contributed by atoms with Crippen LogP contribution < -0.4 is 5.32 Å². The second kappa shape index (κ2) is 6.10. The number of Topliss-reactive ketones (excluding diaryl/α,β-unsaturated/α-hetero) is 1. The van der Waals surface area contributed by atoms with Crippen molar-refractivity contribution in [3.05, 3.63) is 29.8 Å². The fraction of sp³-hybridized carbons (Fsp3) is 0.600. The van der Waals surface area contributed by atoms with Gasteiger partial charge < -0.3 is 5.32 Å². The average molecular weight is 313 g/mol. The van der Waals surface area contributed by atoms with Crippen molar-refractivity contribution in [3.63, 3.8) is 0 Å². The minimum absolute atomic E-state index is 0.00899. The number of benzene rings is 1. The zero-order chi connectivity index (χ0) is 16.6. The van der Waals surface area contributed by atoms with Gasteiger partial charge in [-0.3, -0.25) is 9.59 Å². The molecule has 124 valence electrons. The van der Waals surface area contributed by atoms with E-state index < -0.39 is 0 Å². The van der Waals surface area contributed by atoms with Crippen molar-refractivity contribution >= 4 is 17.4 Å². The van der Waals surface area contributed by atoms with Crippen molar-refractivity contribution in [3.8, 4) is 0 Å². The van der Waals surface area contributed by atoms with Crippen LogP contribution in [-0.2, 0) is 15.0 Å². The number of hydrogen-bond acceptors (Lipinski definition) is 2. The quantitative estimate of drug-likeness (QED) is 0.884. The van der Waals surface area contributed by atoms with Crippen LogP contribution in [0.15, 0.2) is 24.3 Å². The van der Waals surface area contributed by atoms with E-state index in [1.807, 2.05) is 12.1 Å². The molecule has 1 aromatic rings. The molecule has 0 aliphatic heterocycles. The molecular formula is C20H27NO2. The van der Waals surface area contributed by atoms with Crippen LogP contribution in [0.5, 0.6) is 0 Å². The Morgan fingerprint density at radius 2 is 1.61 bits per heavy atom. The maximum atomic E-state index is 12.6. The molecule has 1 aromatic carbocycles. The van der Waals surface area contributed by atoms with E-state index >= 15 is 0 Å². The molecule has 3 heteroatoms. The molecule has 0 spiro atoms. The van der Waals surface area contributed by atoms with Gasteiger partial charge in [0.1, 0.15) is 5.78 Å². The highest BCUT2D eigenvalue weighted by atomic mass is 16.2. The standard InChI is InChI=1S/C20H27NO2/c1-20(2,3)16-7-9-17(10-8-16)21-19(23)15-11-13-5-4-6-14(12-15)18(13)22/h7-10,13-15H,4-6,11-12H2,1-3H3,(H,21,23)/t13-,14-/m0/s1. The van der Waals surface area contributed by atoms with Crippen LogP contribution in [0.2, 0.25) is 0 Å². The highest BCUT2D eigenvalue weighted by Crippen LogP contribution is 2.40. The number of anilines is 1. The first-order valence-electron chi connectivity index (χ1n) is 8.80. The zero-order valence-electron chi connectivity index (χ0n) is 14.4. The molecule has 0 saturated heterocycles. The molecule has 1 N–H and O–H groups in total. The second-order valence-electron chi connectivity index (χ2n) is 8.21. The van der Waals surface area contributed by atoms with Crippen molar-refractivity contribution in [2.24, 2.45) is 17.8 Å². The van der Waals surface area contributed by atoms with Gasteiger partial charge >= 0.3 is 0 Å². The Labute approximate surface area is 138 Å². The van der Waals surface area contributed by atoms with Gasteiger partial charge in [-0.25, -0.2) is 0 Å². The number of nitrogens with one attached hydrogen (secondary N) is 1. The molecule has 23 heavy (non-hydrogen) atoms. The fourth-order valence-electron chi connectivity index (χ4n) is 3.99. The van der Waals surface area contributed by atoms with Gasteiger partial charge in [-0.05, 0) is 48.8 Å². The third kappa shape index (κ3) is 3.49. The minimum atomic E-state index is -0.00899. The third-order valence-electron chi connectivity index (χ3n) is 5.44. The highest BCUT2D eigenvalue weighted by molar-refractivity contribution is 5.95. The van der Waals surface area contributed by atoms with E-state index in [-0.39, 0.29) is 29.1 Å². The normalized spacial score (nSPS) is 27.6. The summed E-state index contributed by atoms with van der Waals surface area (Å²) < 4.78 is 0. The smallest absolute Gasteiger partial charge is 0.227 e. The largest absolute Gasteiger partial charge is 0.326 e.